The monoisotopic (exact) mass is 564 g/mol. The molecule has 4 aliphatic rings. The van der Waals surface area contributed by atoms with Gasteiger partial charge in [-0.25, -0.2) is 0 Å². The van der Waals surface area contributed by atoms with Gasteiger partial charge in [-0.3, -0.25) is 0 Å². The largest absolute Gasteiger partial charge is 0.453 e. The van der Waals surface area contributed by atoms with Crippen LogP contribution in [0.5, 0.6) is 11.5 Å². The average molecular weight is 565 g/mol. The zero-order valence-electron chi connectivity index (χ0n) is 24.3. The van der Waals surface area contributed by atoms with Crippen LogP contribution >= 0.6 is 11.8 Å². The van der Waals surface area contributed by atoms with E-state index >= 15 is 0 Å². The minimum Gasteiger partial charge on any atom is -0.453 e. The number of anilines is 3. The quantitative estimate of drug-likeness (QED) is 0.240. The lowest BCUT2D eigenvalue weighted by Crippen LogP contribution is -2.23. The molecule has 2 aliphatic heterocycles. The Morgan fingerprint density at radius 2 is 1.48 bits per heavy atom. The molecule has 0 spiro atoms. The second-order valence-corrected chi connectivity index (χ2v) is 13.1. The summed E-state index contributed by atoms with van der Waals surface area (Å²) in [7, 11) is 0. The Labute approximate surface area is 252 Å². The maximum atomic E-state index is 6.59. The Hall–Kier alpha value is -4.41. The van der Waals surface area contributed by atoms with Crippen LogP contribution in [0.3, 0.4) is 0 Å². The number of fused-ring (bicyclic) bond motifs is 6. The second-order valence-electron chi connectivity index (χ2n) is 11.8. The molecule has 206 valence electrons. The van der Waals surface area contributed by atoms with E-state index < -0.39 is 0 Å². The predicted molar refractivity (Wildman–Crippen MR) is 176 cm³/mol. The number of allylic oxidation sites excluding steroid dienone is 6. The zero-order valence-corrected chi connectivity index (χ0v) is 25.1. The third-order valence-electron chi connectivity index (χ3n) is 9.05. The lowest BCUT2D eigenvalue weighted by molar-refractivity contribution is 0.476. The van der Waals surface area contributed by atoms with Crippen LogP contribution in [0, 0.1) is 0 Å². The van der Waals surface area contributed by atoms with E-state index in [2.05, 4.69) is 141 Å². The van der Waals surface area contributed by atoms with Gasteiger partial charge in [0.2, 0.25) is 0 Å². The van der Waals surface area contributed by atoms with Gasteiger partial charge in [-0.15, -0.1) is 0 Å². The normalized spacial score (nSPS) is 17.7. The smallest absolute Gasteiger partial charge is 0.152 e. The third kappa shape index (κ3) is 3.68. The van der Waals surface area contributed by atoms with Crippen molar-refractivity contribution in [3.63, 3.8) is 0 Å². The van der Waals surface area contributed by atoms with Crippen LogP contribution in [0.2, 0.25) is 0 Å². The fourth-order valence-corrected chi connectivity index (χ4v) is 7.80. The fraction of sp³-hybridized carbons (Fsp3) is 0.158. The SMILES string of the molecule is CC1=C(C)N(C2=CC=C(N3c4ccccc4Oc4cc5c(cc43)C(C)(C)c3ccccc3-5)C=CC2)c2ccccc2S1. The number of rotatable bonds is 2. The molecule has 0 saturated carbocycles. The van der Waals surface area contributed by atoms with Crippen molar-refractivity contribution in [1.82, 2.24) is 0 Å². The number of ether oxygens (including phenoxy) is 1. The summed E-state index contributed by atoms with van der Waals surface area (Å²) in [5, 5.41) is 0. The third-order valence-corrected chi connectivity index (χ3v) is 10.2. The molecule has 42 heavy (non-hydrogen) atoms. The van der Waals surface area contributed by atoms with E-state index in [9.17, 15) is 0 Å². The van der Waals surface area contributed by atoms with Gasteiger partial charge in [0.15, 0.2) is 11.5 Å². The molecule has 2 aliphatic carbocycles. The van der Waals surface area contributed by atoms with Crippen molar-refractivity contribution in [3.8, 4) is 22.6 Å². The summed E-state index contributed by atoms with van der Waals surface area (Å²) >= 11 is 1.86. The molecule has 8 rings (SSSR count). The molecule has 0 atom stereocenters. The highest BCUT2D eigenvalue weighted by atomic mass is 32.2. The maximum Gasteiger partial charge on any atom is 0.152 e. The number of hydrogen-bond donors (Lipinski definition) is 0. The number of nitrogens with zero attached hydrogens (tertiary/aromatic N) is 2. The van der Waals surface area contributed by atoms with Crippen LogP contribution < -0.4 is 14.5 Å². The fourth-order valence-electron chi connectivity index (χ4n) is 6.82. The van der Waals surface area contributed by atoms with Crippen LogP contribution in [0.1, 0.15) is 45.2 Å². The van der Waals surface area contributed by atoms with E-state index in [1.165, 1.54) is 49.1 Å². The van der Waals surface area contributed by atoms with Crippen LogP contribution in [-0.4, -0.2) is 0 Å². The summed E-state index contributed by atoms with van der Waals surface area (Å²) < 4.78 is 6.59. The van der Waals surface area contributed by atoms with Crippen LogP contribution in [0.15, 0.2) is 136 Å². The van der Waals surface area contributed by atoms with E-state index in [4.69, 9.17) is 4.74 Å². The van der Waals surface area contributed by atoms with Crippen molar-refractivity contribution in [2.75, 3.05) is 9.80 Å². The summed E-state index contributed by atoms with van der Waals surface area (Å²) in [6.07, 6.45) is 9.96. The first-order valence-corrected chi connectivity index (χ1v) is 15.4. The minimum atomic E-state index is -0.0915. The molecule has 4 heteroatoms. The molecule has 0 saturated heterocycles. The van der Waals surface area contributed by atoms with Gasteiger partial charge in [-0.05, 0) is 90.7 Å². The van der Waals surface area contributed by atoms with Crippen molar-refractivity contribution in [3.05, 3.63) is 142 Å². The molecule has 0 aromatic heterocycles. The lowest BCUT2D eigenvalue weighted by atomic mass is 9.82. The molecule has 0 N–H and O–H groups in total. The molecule has 4 aromatic carbocycles. The summed E-state index contributed by atoms with van der Waals surface area (Å²) in [5.41, 5.74) is 12.2. The van der Waals surface area contributed by atoms with Gasteiger partial charge in [0.25, 0.3) is 0 Å². The van der Waals surface area contributed by atoms with Gasteiger partial charge in [-0.2, -0.15) is 0 Å². The van der Waals surface area contributed by atoms with Gasteiger partial charge < -0.3 is 14.5 Å². The molecule has 0 unspecified atom stereocenters. The summed E-state index contributed by atoms with van der Waals surface area (Å²) in [6, 6.07) is 30.5. The zero-order chi connectivity index (χ0) is 28.6. The van der Waals surface area contributed by atoms with Crippen molar-refractivity contribution in [2.45, 2.75) is 44.4 Å². The molecule has 0 amide bonds. The van der Waals surface area contributed by atoms with Crippen LogP contribution in [-0.2, 0) is 5.41 Å². The number of benzene rings is 4. The highest BCUT2D eigenvalue weighted by molar-refractivity contribution is 8.03. The first kappa shape index (κ1) is 25.3. The van der Waals surface area contributed by atoms with Crippen LogP contribution in [0.25, 0.3) is 11.1 Å². The van der Waals surface area contributed by atoms with E-state index in [-0.39, 0.29) is 5.41 Å². The minimum absolute atomic E-state index is 0.0915. The standard InChI is InChI=1S/C38H32N2OS/c1-24-25(2)42-37-19-10-8-17-33(37)39(24)26-12-11-13-27(21-20-26)40-32-16-7-9-18-35(32)41-36-22-29-28-14-5-6-15-30(28)38(3,4)31(29)23-34(36)40/h5-11,13-23H,12H2,1-4H3. The first-order chi connectivity index (χ1) is 20.4. The Kier molecular flexibility index (Phi) is 5.61. The van der Waals surface area contributed by atoms with Crippen LogP contribution in [0.4, 0.5) is 17.1 Å². The highest BCUT2D eigenvalue weighted by Gasteiger charge is 2.38. The number of thioether (sulfide) groups is 1. The molecular formula is C38H32N2OS. The number of para-hydroxylation sites is 3. The van der Waals surface area contributed by atoms with Crippen molar-refractivity contribution in [1.29, 1.82) is 0 Å². The topological polar surface area (TPSA) is 15.7 Å². The molecule has 3 nitrogen and oxygen atoms in total. The molecule has 4 aromatic rings. The van der Waals surface area contributed by atoms with E-state index in [1.54, 1.807) is 0 Å². The first-order valence-electron chi connectivity index (χ1n) is 14.6. The van der Waals surface area contributed by atoms with Gasteiger partial charge in [-0.1, -0.05) is 80.2 Å². The molecule has 0 fully saturated rings. The highest BCUT2D eigenvalue weighted by Crippen LogP contribution is 2.56. The Bertz CT molecular complexity index is 1930. The Morgan fingerprint density at radius 3 is 2.36 bits per heavy atom. The lowest BCUT2D eigenvalue weighted by Gasteiger charge is -2.35. The average Bonchev–Trinajstić information content (AvgIpc) is 3.13. The van der Waals surface area contributed by atoms with Gasteiger partial charge in [0, 0.05) is 38.7 Å². The summed E-state index contributed by atoms with van der Waals surface area (Å²) in [6.45, 7) is 9.11. The van der Waals surface area contributed by atoms with E-state index in [0.717, 1.165) is 35.0 Å². The maximum absolute atomic E-state index is 6.59. The Morgan fingerprint density at radius 1 is 0.714 bits per heavy atom. The molecular weight excluding hydrogens is 532 g/mol. The van der Waals surface area contributed by atoms with Gasteiger partial charge in [0.1, 0.15) is 0 Å². The molecule has 0 bridgehead atoms. The number of hydrogen-bond acceptors (Lipinski definition) is 4. The van der Waals surface area contributed by atoms with E-state index in [1.807, 2.05) is 17.8 Å². The van der Waals surface area contributed by atoms with Gasteiger partial charge in [0.05, 0.1) is 17.1 Å². The van der Waals surface area contributed by atoms with Gasteiger partial charge >= 0.3 is 0 Å². The molecule has 0 radical (unpaired) electrons. The van der Waals surface area contributed by atoms with Crippen molar-refractivity contribution in [2.24, 2.45) is 0 Å². The predicted octanol–water partition coefficient (Wildman–Crippen LogP) is 10.8. The second kappa shape index (κ2) is 9.30. The van der Waals surface area contributed by atoms with E-state index in [0.29, 0.717) is 0 Å². The summed E-state index contributed by atoms with van der Waals surface area (Å²) in [5.74, 6) is 1.76. The molecule has 2 heterocycles. The van der Waals surface area contributed by atoms with Crippen molar-refractivity contribution < 1.29 is 4.74 Å². The Balaban J connectivity index is 1.28. The summed E-state index contributed by atoms with van der Waals surface area (Å²) in [4.78, 5) is 7.43. The van der Waals surface area contributed by atoms with Crippen molar-refractivity contribution >= 4 is 28.8 Å².